The zero-order chi connectivity index (χ0) is 16.0. The van der Waals surface area contributed by atoms with Crippen molar-refractivity contribution in [1.29, 1.82) is 0 Å². The summed E-state index contributed by atoms with van der Waals surface area (Å²) >= 11 is 1.36. The molecule has 23 heavy (non-hydrogen) atoms. The van der Waals surface area contributed by atoms with Crippen molar-refractivity contribution in [3.8, 4) is 0 Å². The molecule has 0 spiro atoms. The largest absolute Gasteiger partial charge is 0.349 e. The third kappa shape index (κ3) is 2.49. The normalized spacial score (nSPS) is 18.3. The van der Waals surface area contributed by atoms with Crippen LogP contribution in [-0.4, -0.2) is 21.5 Å². The van der Waals surface area contributed by atoms with Crippen molar-refractivity contribution in [1.82, 2.24) is 14.9 Å². The van der Waals surface area contributed by atoms with Gasteiger partial charge < -0.3 is 5.32 Å². The van der Waals surface area contributed by atoms with E-state index >= 15 is 0 Å². The van der Waals surface area contributed by atoms with Gasteiger partial charge in [0.1, 0.15) is 10.7 Å². The van der Waals surface area contributed by atoms with Gasteiger partial charge in [0.15, 0.2) is 0 Å². The number of fused-ring (bicyclic) bond motifs is 2. The fraction of sp³-hybridized carbons (Fsp3) is 0.588. The molecule has 1 fully saturated rings. The highest BCUT2D eigenvalue weighted by atomic mass is 32.1. The minimum absolute atomic E-state index is 0.0213. The smallest absolute Gasteiger partial charge is 0.262 e. The molecular formula is C17H21N3O2S. The Morgan fingerprint density at radius 2 is 2.04 bits per heavy atom. The maximum absolute atomic E-state index is 12.7. The van der Waals surface area contributed by atoms with E-state index in [1.165, 1.54) is 30.6 Å². The lowest BCUT2D eigenvalue weighted by Crippen LogP contribution is -2.36. The Morgan fingerprint density at radius 3 is 2.83 bits per heavy atom. The SMILES string of the molecule is Cc1c(C(=O)NC2CCCCC2)sc2nc3n(c(=O)c12)CCC3. The summed E-state index contributed by atoms with van der Waals surface area (Å²) in [5.74, 6) is 0.824. The molecule has 0 aromatic carbocycles. The highest BCUT2D eigenvalue weighted by Gasteiger charge is 2.24. The molecule has 6 heteroatoms. The average molecular weight is 331 g/mol. The Balaban J connectivity index is 1.70. The van der Waals surface area contributed by atoms with Crippen LogP contribution in [0.5, 0.6) is 0 Å². The Kier molecular flexibility index (Phi) is 3.71. The molecule has 0 radical (unpaired) electrons. The van der Waals surface area contributed by atoms with Crippen LogP contribution in [0.15, 0.2) is 4.79 Å². The molecule has 0 atom stereocenters. The molecule has 1 aliphatic carbocycles. The molecule has 0 bridgehead atoms. The number of nitrogens with one attached hydrogen (secondary N) is 1. The average Bonchev–Trinajstić information content (AvgIpc) is 3.14. The summed E-state index contributed by atoms with van der Waals surface area (Å²) in [6.07, 6.45) is 7.59. The zero-order valence-electron chi connectivity index (χ0n) is 13.4. The van der Waals surface area contributed by atoms with Crippen LogP contribution < -0.4 is 10.9 Å². The Labute approximate surface area is 138 Å². The second-order valence-corrected chi connectivity index (χ2v) is 7.63. The molecule has 2 aromatic rings. The Bertz CT molecular complexity index is 830. The lowest BCUT2D eigenvalue weighted by Gasteiger charge is -2.22. The standard InChI is InChI=1S/C17H21N3O2S/c1-10-13-16(19-12-8-5-9-20(12)17(13)22)23-14(10)15(21)18-11-6-3-2-4-7-11/h11H,2-9H2,1H3,(H,18,21). The van der Waals surface area contributed by atoms with E-state index < -0.39 is 0 Å². The van der Waals surface area contributed by atoms with Gasteiger partial charge in [0.25, 0.3) is 11.5 Å². The quantitative estimate of drug-likeness (QED) is 0.920. The third-order valence-corrected chi connectivity index (χ3v) is 6.24. The van der Waals surface area contributed by atoms with E-state index in [9.17, 15) is 9.59 Å². The van der Waals surface area contributed by atoms with Crippen LogP contribution in [0.4, 0.5) is 0 Å². The fourth-order valence-corrected chi connectivity index (χ4v) is 4.88. The van der Waals surface area contributed by atoms with Crippen molar-refractivity contribution in [3.63, 3.8) is 0 Å². The van der Waals surface area contributed by atoms with Gasteiger partial charge in [0, 0.05) is 19.0 Å². The second kappa shape index (κ2) is 5.74. The van der Waals surface area contributed by atoms with Gasteiger partial charge >= 0.3 is 0 Å². The molecule has 1 aliphatic heterocycles. The maximum Gasteiger partial charge on any atom is 0.262 e. The van der Waals surface area contributed by atoms with Gasteiger partial charge in [-0.3, -0.25) is 14.2 Å². The van der Waals surface area contributed by atoms with Crippen LogP contribution in [0.2, 0.25) is 0 Å². The summed E-state index contributed by atoms with van der Waals surface area (Å²) in [6, 6.07) is 0.278. The summed E-state index contributed by atoms with van der Waals surface area (Å²) in [5, 5.41) is 3.78. The molecule has 5 nitrogen and oxygen atoms in total. The number of aromatic nitrogens is 2. The van der Waals surface area contributed by atoms with E-state index in [1.807, 2.05) is 6.92 Å². The zero-order valence-corrected chi connectivity index (χ0v) is 14.2. The molecule has 1 saturated carbocycles. The molecule has 1 N–H and O–H groups in total. The number of hydrogen-bond donors (Lipinski definition) is 1. The number of thiophene rings is 1. The number of nitrogens with zero attached hydrogens (tertiary/aromatic N) is 2. The number of carbonyl (C=O) groups is 1. The van der Waals surface area contributed by atoms with Gasteiger partial charge in [-0.15, -0.1) is 11.3 Å². The topological polar surface area (TPSA) is 64.0 Å². The van der Waals surface area contributed by atoms with Crippen molar-refractivity contribution in [2.75, 3.05) is 0 Å². The molecule has 0 saturated heterocycles. The number of amides is 1. The van der Waals surface area contributed by atoms with Gasteiger partial charge in [0.05, 0.1) is 10.3 Å². The Morgan fingerprint density at radius 1 is 1.26 bits per heavy atom. The summed E-state index contributed by atoms with van der Waals surface area (Å²) < 4.78 is 1.77. The second-order valence-electron chi connectivity index (χ2n) is 6.63. The van der Waals surface area contributed by atoms with Crippen molar-refractivity contribution in [2.24, 2.45) is 0 Å². The number of carbonyl (C=O) groups excluding carboxylic acids is 1. The Hall–Kier alpha value is -1.69. The van der Waals surface area contributed by atoms with Crippen LogP contribution >= 0.6 is 11.3 Å². The lowest BCUT2D eigenvalue weighted by atomic mass is 9.95. The van der Waals surface area contributed by atoms with Crippen LogP contribution in [0.3, 0.4) is 0 Å². The van der Waals surface area contributed by atoms with Gasteiger partial charge in [-0.2, -0.15) is 0 Å². The third-order valence-electron chi connectivity index (χ3n) is 5.06. The van der Waals surface area contributed by atoms with Crippen LogP contribution in [0.1, 0.15) is 59.6 Å². The highest BCUT2D eigenvalue weighted by Crippen LogP contribution is 2.29. The van der Waals surface area contributed by atoms with Crippen molar-refractivity contribution >= 4 is 27.5 Å². The molecule has 3 heterocycles. The fourth-order valence-electron chi connectivity index (χ4n) is 3.79. The molecule has 2 aromatic heterocycles. The molecule has 4 rings (SSSR count). The first kappa shape index (κ1) is 14.9. The molecule has 2 aliphatic rings. The first-order chi connectivity index (χ1) is 11.1. The number of hydrogen-bond acceptors (Lipinski definition) is 4. The van der Waals surface area contributed by atoms with Crippen LogP contribution in [0.25, 0.3) is 10.2 Å². The molecular weight excluding hydrogens is 310 g/mol. The van der Waals surface area contributed by atoms with Crippen molar-refractivity contribution < 1.29 is 4.79 Å². The lowest BCUT2D eigenvalue weighted by molar-refractivity contribution is 0.0931. The predicted octanol–water partition coefficient (Wildman–Crippen LogP) is 2.78. The molecule has 1 amide bonds. The summed E-state index contributed by atoms with van der Waals surface area (Å²) in [5.41, 5.74) is 0.811. The number of rotatable bonds is 2. The van der Waals surface area contributed by atoms with Gasteiger partial charge in [0.2, 0.25) is 0 Å². The van der Waals surface area contributed by atoms with Crippen LogP contribution in [0, 0.1) is 6.92 Å². The minimum Gasteiger partial charge on any atom is -0.349 e. The van der Waals surface area contributed by atoms with Crippen molar-refractivity contribution in [3.05, 3.63) is 26.6 Å². The predicted molar refractivity (Wildman–Crippen MR) is 91.3 cm³/mol. The molecule has 0 unspecified atom stereocenters. The number of aryl methyl sites for hydroxylation is 2. The first-order valence-corrected chi connectivity index (χ1v) is 9.30. The molecule has 122 valence electrons. The van der Waals surface area contributed by atoms with E-state index in [1.54, 1.807) is 4.57 Å². The van der Waals surface area contributed by atoms with Crippen LogP contribution in [-0.2, 0) is 13.0 Å². The van der Waals surface area contributed by atoms with Gasteiger partial charge in [-0.05, 0) is 31.7 Å². The van der Waals surface area contributed by atoms with E-state index in [0.29, 0.717) is 10.3 Å². The van der Waals surface area contributed by atoms with E-state index in [0.717, 1.165) is 48.4 Å². The van der Waals surface area contributed by atoms with Gasteiger partial charge in [-0.25, -0.2) is 4.98 Å². The first-order valence-electron chi connectivity index (χ1n) is 8.49. The monoisotopic (exact) mass is 331 g/mol. The minimum atomic E-state index is -0.0399. The van der Waals surface area contributed by atoms with E-state index in [2.05, 4.69) is 10.3 Å². The maximum atomic E-state index is 12.7. The summed E-state index contributed by atoms with van der Waals surface area (Å²) in [6.45, 7) is 2.62. The van der Waals surface area contributed by atoms with E-state index in [4.69, 9.17) is 0 Å². The van der Waals surface area contributed by atoms with E-state index in [-0.39, 0.29) is 17.5 Å². The summed E-state index contributed by atoms with van der Waals surface area (Å²) in [7, 11) is 0. The van der Waals surface area contributed by atoms with Gasteiger partial charge in [-0.1, -0.05) is 19.3 Å². The van der Waals surface area contributed by atoms with Crippen molar-refractivity contribution in [2.45, 2.75) is 64.5 Å². The highest BCUT2D eigenvalue weighted by molar-refractivity contribution is 7.20. The summed E-state index contributed by atoms with van der Waals surface area (Å²) in [4.78, 5) is 31.3.